The van der Waals surface area contributed by atoms with Gasteiger partial charge in [0.05, 0.1) is 6.54 Å². The number of amides is 1. The Kier molecular flexibility index (Phi) is 4.15. The molecule has 100 valence electrons. The number of benzene rings is 1. The molecule has 6 nitrogen and oxygen atoms in total. The van der Waals surface area contributed by atoms with Gasteiger partial charge in [0, 0.05) is 17.5 Å². The number of hydrogen-bond donors (Lipinski definition) is 2. The Hall–Kier alpha value is -2.34. The number of rotatable bonds is 5. The minimum Gasteiger partial charge on any atom is -0.492 e. The standard InChI is InChI=1S/C13H16N4O2/c1-10-6-7-15-17(10)8-9-19-12-4-2-11(3-5-12)13(18)16-14/h2-7H,8-9,14H2,1H3,(H,16,18). The molecule has 1 aromatic heterocycles. The van der Waals surface area contributed by atoms with Crippen molar-refractivity contribution in [2.75, 3.05) is 6.61 Å². The molecule has 0 radical (unpaired) electrons. The molecule has 2 aromatic rings. The van der Waals surface area contributed by atoms with Gasteiger partial charge in [-0.15, -0.1) is 0 Å². The molecule has 0 atom stereocenters. The number of hydrogen-bond acceptors (Lipinski definition) is 4. The highest BCUT2D eigenvalue weighted by Gasteiger charge is 2.03. The van der Waals surface area contributed by atoms with Gasteiger partial charge in [-0.3, -0.25) is 14.9 Å². The number of aryl methyl sites for hydroxylation is 1. The molecule has 2 rings (SSSR count). The Morgan fingerprint density at radius 2 is 2.11 bits per heavy atom. The van der Waals surface area contributed by atoms with Crippen LogP contribution in [0.4, 0.5) is 0 Å². The van der Waals surface area contributed by atoms with E-state index < -0.39 is 0 Å². The Balaban J connectivity index is 1.86. The molecule has 19 heavy (non-hydrogen) atoms. The number of nitrogens with zero attached hydrogens (tertiary/aromatic N) is 2. The fourth-order valence-electron chi connectivity index (χ4n) is 1.67. The van der Waals surface area contributed by atoms with Gasteiger partial charge in [-0.1, -0.05) is 0 Å². The van der Waals surface area contributed by atoms with Crippen molar-refractivity contribution in [1.82, 2.24) is 15.2 Å². The van der Waals surface area contributed by atoms with Crippen LogP contribution in [0.1, 0.15) is 16.1 Å². The van der Waals surface area contributed by atoms with Crippen molar-refractivity contribution in [1.29, 1.82) is 0 Å². The number of carbonyl (C=O) groups is 1. The molecule has 3 N–H and O–H groups in total. The van der Waals surface area contributed by atoms with Crippen LogP contribution in [0.3, 0.4) is 0 Å². The van der Waals surface area contributed by atoms with Gasteiger partial charge in [-0.2, -0.15) is 5.10 Å². The number of aromatic nitrogens is 2. The predicted octanol–water partition coefficient (Wildman–Crippen LogP) is 0.874. The van der Waals surface area contributed by atoms with E-state index in [-0.39, 0.29) is 5.91 Å². The van der Waals surface area contributed by atoms with Crippen LogP contribution in [0.25, 0.3) is 0 Å². The van der Waals surface area contributed by atoms with Crippen LogP contribution >= 0.6 is 0 Å². The summed E-state index contributed by atoms with van der Waals surface area (Å²) in [6, 6.07) is 8.74. The van der Waals surface area contributed by atoms with E-state index in [9.17, 15) is 4.79 Å². The first-order valence-corrected chi connectivity index (χ1v) is 5.93. The number of hydrazine groups is 1. The highest BCUT2D eigenvalue weighted by molar-refractivity contribution is 5.93. The molecule has 1 heterocycles. The summed E-state index contributed by atoms with van der Waals surface area (Å²) in [5.41, 5.74) is 3.67. The van der Waals surface area contributed by atoms with Crippen LogP contribution in [0, 0.1) is 6.92 Å². The molecule has 0 fully saturated rings. The van der Waals surface area contributed by atoms with Crippen molar-refractivity contribution in [3.05, 3.63) is 47.8 Å². The Bertz CT molecular complexity index is 548. The lowest BCUT2D eigenvalue weighted by Gasteiger charge is -2.08. The van der Waals surface area contributed by atoms with Gasteiger partial charge in [-0.25, -0.2) is 5.84 Å². The summed E-state index contributed by atoms with van der Waals surface area (Å²) in [5.74, 6) is 5.44. The van der Waals surface area contributed by atoms with E-state index in [4.69, 9.17) is 10.6 Å². The van der Waals surface area contributed by atoms with Gasteiger partial charge in [0.2, 0.25) is 0 Å². The van der Waals surface area contributed by atoms with Crippen LogP contribution in [0.5, 0.6) is 5.75 Å². The second-order valence-corrected chi connectivity index (χ2v) is 4.04. The Labute approximate surface area is 111 Å². The number of nitrogens with one attached hydrogen (secondary N) is 1. The minimum atomic E-state index is -0.321. The number of nitrogens with two attached hydrogens (primary N) is 1. The van der Waals surface area contributed by atoms with Crippen molar-refractivity contribution < 1.29 is 9.53 Å². The zero-order chi connectivity index (χ0) is 13.7. The van der Waals surface area contributed by atoms with Gasteiger partial charge in [0.1, 0.15) is 12.4 Å². The lowest BCUT2D eigenvalue weighted by atomic mass is 10.2. The first kappa shape index (κ1) is 13.1. The molecule has 0 aliphatic carbocycles. The summed E-state index contributed by atoms with van der Waals surface area (Å²) in [4.78, 5) is 11.2. The van der Waals surface area contributed by atoms with Crippen molar-refractivity contribution in [3.8, 4) is 5.75 Å². The number of nitrogen functional groups attached to an aromatic ring is 1. The molecular weight excluding hydrogens is 244 g/mol. The van der Waals surface area contributed by atoms with E-state index >= 15 is 0 Å². The van der Waals surface area contributed by atoms with E-state index in [0.717, 1.165) is 5.69 Å². The van der Waals surface area contributed by atoms with Gasteiger partial charge in [0.25, 0.3) is 5.91 Å². The molecular formula is C13H16N4O2. The number of ether oxygens (including phenoxy) is 1. The maximum atomic E-state index is 11.2. The SMILES string of the molecule is Cc1ccnn1CCOc1ccc(C(=O)NN)cc1. The van der Waals surface area contributed by atoms with Crippen LogP contribution in [-0.4, -0.2) is 22.3 Å². The summed E-state index contributed by atoms with van der Waals surface area (Å²) in [7, 11) is 0. The average molecular weight is 260 g/mol. The molecule has 6 heteroatoms. The van der Waals surface area contributed by atoms with E-state index in [2.05, 4.69) is 10.5 Å². The maximum absolute atomic E-state index is 11.2. The van der Waals surface area contributed by atoms with Crippen molar-refractivity contribution in [2.45, 2.75) is 13.5 Å². The van der Waals surface area contributed by atoms with E-state index in [1.54, 1.807) is 30.5 Å². The van der Waals surface area contributed by atoms with E-state index in [0.29, 0.717) is 24.5 Å². The number of carbonyl (C=O) groups excluding carboxylic acids is 1. The van der Waals surface area contributed by atoms with Crippen LogP contribution < -0.4 is 16.0 Å². The third kappa shape index (κ3) is 3.32. The lowest BCUT2D eigenvalue weighted by molar-refractivity contribution is 0.0953. The zero-order valence-electron chi connectivity index (χ0n) is 10.7. The van der Waals surface area contributed by atoms with Crippen molar-refractivity contribution in [2.24, 2.45) is 5.84 Å². The molecule has 0 unspecified atom stereocenters. The first-order valence-electron chi connectivity index (χ1n) is 5.93. The van der Waals surface area contributed by atoms with Crippen molar-refractivity contribution in [3.63, 3.8) is 0 Å². The fourth-order valence-corrected chi connectivity index (χ4v) is 1.67. The second kappa shape index (κ2) is 6.01. The van der Waals surface area contributed by atoms with E-state index in [1.807, 2.05) is 17.7 Å². The van der Waals surface area contributed by atoms with Crippen LogP contribution in [0.2, 0.25) is 0 Å². The van der Waals surface area contributed by atoms with Gasteiger partial charge in [0.15, 0.2) is 0 Å². The fraction of sp³-hybridized carbons (Fsp3) is 0.231. The molecule has 0 spiro atoms. The Morgan fingerprint density at radius 1 is 1.37 bits per heavy atom. The van der Waals surface area contributed by atoms with E-state index in [1.165, 1.54) is 0 Å². The third-order valence-corrected chi connectivity index (χ3v) is 2.75. The second-order valence-electron chi connectivity index (χ2n) is 4.04. The Morgan fingerprint density at radius 3 is 2.68 bits per heavy atom. The largest absolute Gasteiger partial charge is 0.492 e. The van der Waals surface area contributed by atoms with Gasteiger partial charge < -0.3 is 4.74 Å². The molecule has 1 aromatic carbocycles. The summed E-state index contributed by atoms with van der Waals surface area (Å²) in [6.07, 6.45) is 1.76. The van der Waals surface area contributed by atoms with Gasteiger partial charge >= 0.3 is 0 Å². The smallest absolute Gasteiger partial charge is 0.265 e. The highest BCUT2D eigenvalue weighted by atomic mass is 16.5. The zero-order valence-corrected chi connectivity index (χ0v) is 10.7. The predicted molar refractivity (Wildman–Crippen MR) is 70.6 cm³/mol. The van der Waals surface area contributed by atoms with Crippen LogP contribution in [-0.2, 0) is 6.54 Å². The van der Waals surface area contributed by atoms with Crippen molar-refractivity contribution >= 4 is 5.91 Å². The third-order valence-electron chi connectivity index (χ3n) is 2.75. The molecule has 1 amide bonds. The summed E-state index contributed by atoms with van der Waals surface area (Å²) in [6.45, 7) is 3.20. The normalized spacial score (nSPS) is 10.2. The average Bonchev–Trinajstić information content (AvgIpc) is 2.84. The highest BCUT2D eigenvalue weighted by Crippen LogP contribution is 2.12. The first-order chi connectivity index (χ1) is 9.20. The molecule has 0 saturated carbocycles. The molecule has 0 aliphatic heterocycles. The quantitative estimate of drug-likeness (QED) is 0.475. The molecule has 0 bridgehead atoms. The monoisotopic (exact) mass is 260 g/mol. The van der Waals surface area contributed by atoms with Crippen LogP contribution in [0.15, 0.2) is 36.5 Å². The summed E-state index contributed by atoms with van der Waals surface area (Å²) < 4.78 is 7.45. The maximum Gasteiger partial charge on any atom is 0.265 e. The minimum absolute atomic E-state index is 0.321. The summed E-state index contributed by atoms with van der Waals surface area (Å²) >= 11 is 0. The van der Waals surface area contributed by atoms with Gasteiger partial charge in [-0.05, 0) is 37.3 Å². The molecule has 0 aliphatic rings. The topological polar surface area (TPSA) is 82.2 Å². The summed E-state index contributed by atoms with van der Waals surface area (Å²) in [5, 5.41) is 4.17. The molecule has 0 saturated heterocycles. The lowest BCUT2D eigenvalue weighted by Crippen LogP contribution is -2.29.